The molecule has 4 rings (SSSR count). The molecular weight excluding hydrogens is 394 g/mol. The molecule has 1 aliphatic heterocycles. The van der Waals surface area contributed by atoms with Crippen LogP contribution < -0.4 is 9.47 Å². The number of nitrogens with zero attached hydrogens (tertiary/aromatic N) is 1. The van der Waals surface area contributed by atoms with Crippen LogP contribution in [0, 0.1) is 6.92 Å². The van der Waals surface area contributed by atoms with Crippen LogP contribution in [0.15, 0.2) is 66.7 Å². The first-order valence-corrected chi connectivity index (χ1v) is 11.9. The molecular formula is C29H35NO2. The Bertz CT molecular complexity index is 1010. The molecule has 0 radical (unpaired) electrons. The molecule has 3 nitrogen and oxygen atoms in total. The van der Waals surface area contributed by atoms with E-state index < -0.39 is 0 Å². The number of fused-ring (bicyclic) bond motifs is 3. The zero-order chi connectivity index (χ0) is 22.2. The molecule has 0 saturated heterocycles. The Morgan fingerprint density at radius 2 is 1.78 bits per heavy atom. The number of ether oxygens (including phenoxy) is 2. The summed E-state index contributed by atoms with van der Waals surface area (Å²) >= 11 is 0. The lowest BCUT2D eigenvalue weighted by atomic mass is 10.00. The summed E-state index contributed by atoms with van der Waals surface area (Å²) in [6.45, 7) is 8.60. The number of rotatable bonds is 4. The fourth-order valence-corrected chi connectivity index (χ4v) is 4.49. The summed E-state index contributed by atoms with van der Waals surface area (Å²) in [4.78, 5) is 2.56. The zero-order valence-corrected chi connectivity index (χ0v) is 19.5. The Morgan fingerprint density at radius 1 is 0.906 bits per heavy atom. The zero-order valence-electron chi connectivity index (χ0n) is 19.5. The van der Waals surface area contributed by atoms with Crippen LogP contribution in [0.25, 0.3) is 0 Å². The Hall–Kier alpha value is -2.78. The SMILES string of the molecule is CCOc1ccccc1CN1CCCCCOc2ccc(C)cc2Cc2cccc(c2)C1. The van der Waals surface area contributed by atoms with E-state index in [1.807, 2.05) is 6.92 Å². The van der Waals surface area contributed by atoms with Gasteiger partial charge in [0, 0.05) is 25.1 Å². The summed E-state index contributed by atoms with van der Waals surface area (Å²) in [5.74, 6) is 2.04. The number of hydrogen-bond donors (Lipinski definition) is 0. The molecule has 0 saturated carbocycles. The van der Waals surface area contributed by atoms with Crippen molar-refractivity contribution in [2.75, 3.05) is 19.8 Å². The molecule has 0 fully saturated rings. The highest BCUT2D eigenvalue weighted by atomic mass is 16.5. The van der Waals surface area contributed by atoms with Gasteiger partial charge in [-0.1, -0.05) is 60.2 Å². The molecule has 1 aliphatic rings. The molecule has 32 heavy (non-hydrogen) atoms. The van der Waals surface area contributed by atoms with Gasteiger partial charge in [0.15, 0.2) is 0 Å². The lowest BCUT2D eigenvalue weighted by Gasteiger charge is -2.24. The van der Waals surface area contributed by atoms with E-state index in [1.54, 1.807) is 0 Å². The van der Waals surface area contributed by atoms with Gasteiger partial charge in [0.05, 0.1) is 13.2 Å². The molecule has 0 atom stereocenters. The average molecular weight is 430 g/mol. The van der Waals surface area contributed by atoms with Gasteiger partial charge in [-0.2, -0.15) is 0 Å². The van der Waals surface area contributed by atoms with Gasteiger partial charge in [0.2, 0.25) is 0 Å². The maximum atomic E-state index is 6.19. The van der Waals surface area contributed by atoms with Gasteiger partial charge in [-0.05, 0) is 68.5 Å². The predicted octanol–water partition coefficient (Wildman–Crippen LogP) is 6.55. The third-order valence-electron chi connectivity index (χ3n) is 6.05. The van der Waals surface area contributed by atoms with E-state index in [0.717, 1.165) is 50.6 Å². The van der Waals surface area contributed by atoms with Crippen LogP contribution in [0.3, 0.4) is 0 Å². The highest BCUT2D eigenvalue weighted by molar-refractivity contribution is 5.41. The fourth-order valence-electron chi connectivity index (χ4n) is 4.49. The standard InChI is InChI=1S/C29H35NO2/c1-3-31-28-13-6-5-12-26(28)22-30-16-7-4-8-17-32-29-15-14-23(2)18-27(29)20-24-10-9-11-25(19-24)21-30/h5-6,9-15,18-19H,3-4,7-8,16-17,20-22H2,1-2H3. The number of aryl methyl sites for hydroxylation is 1. The van der Waals surface area contributed by atoms with Crippen molar-refractivity contribution in [2.24, 2.45) is 0 Å². The summed E-state index contributed by atoms with van der Waals surface area (Å²) in [5.41, 5.74) is 6.53. The first kappa shape index (κ1) is 22.4. The minimum Gasteiger partial charge on any atom is -0.494 e. The molecule has 0 amide bonds. The van der Waals surface area contributed by atoms with Gasteiger partial charge >= 0.3 is 0 Å². The molecule has 3 aromatic carbocycles. The molecule has 0 N–H and O–H groups in total. The van der Waals surface area contributed by atoms with Gasteiger partial charge in [0.1, 0.15) is 11.5 Å². The van der Waals surface area contributed by atoms with Crippen molar-refractivity contribution in [1.29, 1.82) is 0 Å². The fraction of sp³-hybridized carbons (Fsp3) is 0.379. The van der Waals surface area contributed by atoms with Crippen molar-refractivity contribution >= 4 is 0 Å². The van der Waals surface area contributed by atoms with E-state index in [4.69, 9.17) is 9.47 Å². The predicted molar refractivity (Wildman–Crippen MR) is 131 cm³/mol. The molecule has 3 heteroatoms. The van der Waals surface area contributed by atoms with E-state index in [9.17, 15) is 0 Å². The summed E-state index contributed by atoms with van der Waals surface area (Å²) in [6.07, 6.45) is 4.32. The maximum absolute atomic E-state index is 6.19. The third-order valence-corrected chi connectivity index (χ3v) is 6.05. The second-order valence-corrected chi connectivity index (χ2v) is 8.77. The molecule has 168 valence electrons. The van der Waals surface area contributed by atoms with E-state index in [2.05, 4.69) is 78.6 Å². The van der Waals surface area contributed by atoms with Crippen molar-refractivity contribution in [3.63, 3.8) is 0 Å². The third kappa shape index (κ3) is 6.14. The Labute approximate surface area is 193 Å². The van der Waals surface area contributed by atoms with Crippen LogP contribution in [-0.4, -0.2) is 24.7 Å². The van der Waals surface area contributed by atoms with E-state index in [0.29, 0.717) is 6.61 Å². The topological polar surface area (TPSA) is 21.7 Å². The molecule has 0 aliphatic carbocycles. The van der Waals surface area contributed by atoms with Crippen LogP contribution in [-0.2, 0) is 19.5 Å². The van der Waals surface area contributed by atoms with Crippen LogP contribution >= 0.6 is 0 Å². The second kappa shape index (κ2) is 11.2. The van der Waals surface area contributed by atoms with Crippen LogP contribution in [0.4, 0.5) is 0 Å². The Morgan fingerprint density at radius 3 is 2.69 bits per heavy atom. The lowest BCUT2D eigenvalue weighted by Crippen LogP contribution is -2.24. The largest absolute Gasteiger partial charge is 0.494 e. The molecule has 3 aromatic rings. The molecule has 0 unspecified atom stereocenters. The van der Waals surface area contributed by atoms with E-state index >= 15 is 0 Å². The van der Waals surface area contributed by atoms with Gasteiger partial charge in [0.25, 0.3) is 0 Å². The van der Waals surface area contributed by atoms with Crippen molar-refractivity contribution in [1.82, 2.24) is 4.90 Å². The van der Waals surface area contributed by atoms with Gasteiger partial charge < -0.3 is 9.47 Å². The van der Waals surface area contributed by atoms with Crippen molar-refractivity contribution in [2.45, 2.75) is 52.6 Å². The quantitative estimate of drug-likeness (QED) is 0.469. The highest BCUT2D eigenvalue weighted by Crippen LogP contribution is 2.26. The van der Waals surface area contributed by atoms with Gasteiger partial charge in [-0.25, -0.2) is 0 Å². The van der Waals surface area contributed by atoms with E-state index in [1.165, 1.54) is 40.7 Å². The minimum atomic E-state index is 0.694. The summed E-state index contributed by atoms with van der Waals surface area (Å²) in [7, 11) is 0. The van der Waals surface area contributed by atoms with Crippen LogP contribution in [0.5, 0.6) is 11.5 Å². The molecule has 2 bridgehead atoms. The first-order valence-electron chi connectivity index (χ1n) is 11.9. The maximum Gasteiger partial charge on any atom is 0.123 e. The highest BCUT2D eigenvalue weighted by Gasteiger charge is 2.13. The van der Waals surface area contributed by atoms with Crippen LogP contribution in [0.1, 0.15) is 54.0 Å². The normalized spacial score (nSPS) is 15.3. The van der Waals surface area contributed by atoms with Gasteiger partial charge in [-0.3, -0.25) is 4.90 Å². The summed E-state index contributed by atoms with van der Waals surface area (Å²) < 4.78 is 12.1. The number of benzene rings is 3. The Balaban J connectivity index is 1.58. The smallest absolute Gasteiger partial charge is 0.123 e. The van der Waals surface area contributed by atoms with Crippen molar-refractivity contribution < 1.29 is 9.47 Å². The second-order valence-electron chi connectivity index (χ2n) is 8.77. The Kier molecular flexibility index (Phi) is 7.84. The molecule has 0 aromatic heterocycles. The number of para-hydroxylation sites is 1. The summed E-state index contributed by atoms with van der Waals surface area (Å²) in [5, 5.41) is 0. The van der Waals surface area contributed by atoms with Gasteiger partial charge in [-0.15, -0.1) is 0 Å². The van der Waals surface area contributed by atoms with E-state index in [-0.39, 0.29) is 0 Å². The summed E-state index contributed by atoms with van der Waals surface area (Å²) in [6, 6.07) is 24.0. The van der Waals surface area contributed by atoms with Crippen LogP contribution in [0.2, 0.25) is 0 Å². The molecule has 1 heterocycles. The average Bonchev–Trinajstić information content (AvgIpc) is 2.78. The molecule has 0 spiro atoms. The lowest BCUT2D eigenvalue weighted by molar-refractivity contribution is 0.238. The monoisotopic (exact) mass is 429 g/mol. The number of hydrogen-bond acceptors (Lipinski definition) is 3. The first-order chi connectivity index (χ1) is 15.7. The minimum absolute atomic E-state index is 0.694. The van der Waals surface area contributed by atoms with Crippen molar-refractivity contribution in [3.8, 4) is 11.5 Å². The van der Waals surface area contributed by atoms with Crippen molar-refractivity contribution in [3.05, 3.63) is 94.5 Å².